The number of hydrogen-bond acceptors (Lipinski definition) is 2. The molecule has 128 valence electrons. The van der Waals surface area contributed by atoms with Crippen LogP contribution in [0.2, 0.25) is 0 Å². The summed E-state index contributed by atoms with van der Waals surface area (Å²) < 4.78 is 6.59. The van der Waals surface area contributed by atoms with E-state index in [1.807, 2.05) is 37.3 Å². The third kappa shape index (κ3) is 5.38. The maximum Gasteiger partial charge on any atom is 0.265 e. The number of carbonyl (C=O) groups excluding carboxylic acids is 1. The number of unbranched alkanes of at least 4 members (excludes halogenated alkanes) is 1. The van der Waals surface area contributed by atoms with Crippen LogP contribution in [-0.2, 0) is 11.2 Å². The summed E-state index contributed by atoms with van der Waals surface area (Å²) in [5, 5.41) is 2.91. The Morgan fingerprint density at radius 3 is 2.54 bits per heavy atom. The van der Waals surface area contributed by atoms with Crippen LogP contribution in [0.25, 0.3) is 0 Å². The molecule has 0 radical (unpaired) electrons. The van der Waals surface area contributed by atoms with Crippen LogP contribution >= 0.6 is 15.9 Å². The minimum absolute atomic E-state index is 0.169. The summed E-state index contributed by atoms with van der Waals surface area (Å²) in [7, 11) is 0. The van der Waals surface area contributed by atoms with E-state index >= 15 is 0 Å². The average molecular weight is 390 g/mol. The Balaban J connectivity index is 1.96. The van der Waals surface area contributed by atoms with Gasteiger partial charge in [0.15, 0.2) is 6.10 Å². The molecule has 0 aromatic heterocycles. The molecule has 1 unspecified atom stereocenters. The Labute approximate surface area is 152 Å². The Morgan fingerprint density at radius 1 is 1.21 bits per heavy atom. The molecule has 2 rings (SSSR count). The second kappa shape index (κ2) is 8.88. The topological polar surface area (TPSA) is 38.3 Å². The van der Waals surface area contributed by atoms with Crippen LogP contribution in [0.3, 0.4) is 0 Å². The summed E-state index contributed by atoms with van der Waals surface area (Å²) in [5.41, 5.74) is 3.19. The lowest BCUT2D eigenvalue weighted by Crippen LogP contribution is -2.30. The van der Waals surface area contributed by atoms with E-state index in [-0.39, 0.29) is 5.91 Å². The molecule has 0 saturated heterocycles. The molecule has 4 heteroatoms. The molecule has 0 spiro atoms. The molecule has 2 aromatic rings. The highest BCUT2D eigenvalue weighted by Crippen LogP contribution is 2.25. The Bertz CT molecular complexity index is 683. The number of rotatable bonds is 7. The number of hydrogen-bond donors (Lipinski definition) is 1. The predicted octanol–water partition coefficient (Wildman–Crippen LogP) is 5.51. The van der Waals surface area contributed by atoms with Gasteiger partial charge in [0.25, 0.3) is 5.91 Å². The van der Waals surface area contributed by atoms with E-state index in [0.717, 1.165) is 22.1 Å². The highest BCUT2D eigenvalue weighted by Gasteiger charge is 2.16. The van der Waals surface area contributed by atoms with Crippen LogP contribution in [0.1, 0.15) is 37.8 Å². The summed E-state index contributed by atoms with van der Waals surface area (Å²) in [4.78, 5) is 12.3. The molecule has 24 heavy (non-hydrogen) atoms. The fourth-order valence-corrected chi connectivity index (χ4v) is 2.83. The predicted molar refractivity (Wildman–Crippen MR) is 103 cm³/mol. The van der Waals surface area contributed by atoms with Crippen molar-refractivity contribution in [2.45, 2.75) is 46.1 Å². The molecule has 1 N–H and O–H groups in total. The van der Waals surface area contributed by atoms with Gasteiger partial charge in [-0.3, -0.25) is 4.79 Å². The van der Waals surface area contributed by atoms with Crippen molar-refractivity contribution in [1.29, 1.82) is 0 Å². The average Bonchev–Trinajstić information content (AvgIpc) is 2.57. The molecule has 0 heterocycles. The van der Waals surface area contributed by atoms with Gasteiger partial charge in [-0.1, -0.05) is 37.1 Å². The SMILES string of the molecule is CCCCc1ccc(NC(=O)C(C)Oc2ccc(C)cc2)c(Br)c1. The van der Waals surface area contributed by atoms with Crippen molar-refractivity contribution in [2.24, 2.45) is 0 Å². The Kier molecular flexibility index (Phi) is 6.85. The minimum Gasteiger partial charge on any atom is -0.481 e. The van der Waals surface area contributed by atoms with E-state index in [0.29, 0.717) is 5.75 Å². The quantitative estimate of drug-likeness (QED) is 0.677. The number of ether oxygens (including phenoxy) is 1. The van der Waals surface area contributed by atoms with E-state index in [1.54, 1.807) is 6.92 Å². The van der Waals surface area contributed by atoms with E-state index in [2.05, 4.69) is 40.3 Å². The van der Waals surface area contributed by atoms with Crippen LogP contribution in [0.5, 0.6) is 5.75 Å². The van der Waals surface area contributed by atoms with Gasteiger partial charge < -0.3 is 10.1 Å². The van der Waals surface area contributed by atoms with Gasteiger partial charge in [0.2, 0.25) is 0 Å². The maximum absolute atomic E-state index is 12.3. The van der Waals surface area contributed by atoms with E-state index in [1.165, 1.54) is 18.4 Å². The number of carbonyl (C=O) groups is 1. The fraction of sp³-hybridized carbons (Fsp3) is 0.350. The van der Waals surface area contributed by atoms with Gasteiger partial charge in [0.05, 0.1) is 5.69 Å². The van der Waals surface area contributed by atoms with Crippen molar-refractivity contribution in [3.8, 4) is 5.75 Å². The van der Waals surface area contributed by atoms with E-state index in [4.69, 9.17) is 4.74 Å². The summed E-state index contributed by atoms with van der Waals surface area (Å²) >= 11 is 3.54. The van der Waals surface area contributed by atoms with Crippen molar-refractivity contribution in [1.82, 2.24) is 0 Å². The third-order valence-electron chi connectivity index (χ3n) is 3.81. The van der Waals surface area contributed by atoms with Crippen LogP contribution in [0, 0.1) is 6.92 Å². The standard InChI is InChI=1S/C20H24BrNO2/c1-4-5-6-16-9-12-19(18(21)13-16)22-20(23)15(3)24-17-10-7-14(2)8-11-17/h7-13,15H,4-6H2,1-3H3,(H,22,23). The number of anilines is 1. The van der Waals surface area contributed by atoms with E-state index in [9.17, 15) is 4.79 Å². The molecule has 0 bridgehead atoms. The van der Waals surface area contributed by atoms with Crippen LogP contribution in [0.4, 0.5) is 5.69 Å². The van der Waals surface area contributed by atoms with Gasteiger partial charge in [0, 0.05) is 4.47 Å². The first-order valence-corrected chi connectivity index (χ1v) is 9.11. The first-order valence-electron chi connectivity index (χ1n) is 8.32. The Hall–Kier alpha value is -1.81. The minimum atomic E-state index is -0.570. The van der Waals surface area contributed by atoms with Gasteiger partial charge in [0.1, 0.15) is 5.75 Å². The second-order valence-electron chi connectivity index (χ2n) is 5.98. The molecule has 3 nitrogen and oxygen atoms in total. The number of nitrogens with one attached hydrogen (secondary N) is 1. The summed E-state index contributed by atoms with van der Waals surface area (Å²) in [6.07, 6.45) is 2.82. The van der Waals surface area contributed by atoms with Gasteiger partial charge in [-0.05, 0) is 72.4 Å². The van der Waals surface area contributed by atoms with Crippen LogP contribution in [0.15, 0.2) is 46.9 Å². The van der Waals surface area contributed by atoms with Gasteiger partial charge >= 0.3 is 0 Å². The highest BCUT2D eigenvalue weighted by atomic mass is 79.9. The second-order valence-corrected chi connectivity index (χ2v) is 6.83. The van der Waals surface area contributed by atoms with E-state index < -0.39 is 6.10 Å². The summed E-state index contributed by atoms with van der Waals surface area (Å²) in [6.45, 7) is 5.94. The van der Waals surface area contributed by atoms with Crippen molar-refractivity contribution >= 4 is 27.5 Å². The summed E-state index contributed by atoms with van der Waals surface area (Å²) in [6, 6.07) is 13.7. The lowest BCUT2D eigenvalue weighted by Gasteiger charge is -2.16. The lowest BCUT2D eigenvalue weighted by atomic mass is 10.1. The molecule has 1 atom stereocenters. The Morgan fingerprint density at radius 2 is 1.92 bits per heavy atom. The van der Waals surface area contributed by atoms with Crippen molar-refractivity contribution in [2.75, 3.05) is 5.32 Å². The molecule has 0 aliphatic rings. The van der Waals surface area contributed by atoms with Crippen LogP contribution < -0.4 is 10.1 Å². The lowest BCUT2D eigenvalue weighted by molar-refractivity contribution is -0.122. The fourth-order valence-electron chi connectivity index (χ4n) is 2.31. The molecule has 0 aliphatic heterocycles. The van der Waals surface area contributed by atoms with Gasteiger partial charge in [-0.2, -0.15) is 0 Å². The number of halogens is 1. The van der Waals surface area contributed by atoms with Gasteiger partial charge in [-0.15, -0.1) is 0 Å². The zero-order valence-corrected chi connectivity index (χ0v) is 16.0. The molecule has 0 saturated carbocycles. The number of aryl methyl sites for hydroxylation is 2. The first kappa shape index (κ1) is 18.5. The zero-order chi connectivity index (χ0) is 17.5. The van der Waals surface area contributed by atoms with Gasteiger partial charge in [-0.25, -0.2) is 0 Å². The monoisotopic (exact) mass is 389 g/mol. The molecule has 0 fully saturated rings. The van der Waals surface area contributed by atoms with Crippen molar-refractivity contribution in [3.05, 3.63) is 58.1 Å². The molecule has 2 aromatic carbocycles. The van der Waals surface area contributed by atoms with Crippen molar-refractivity contribution in [3.63, 3.8) is 0 Å². The largest absolute Gasteiger partial charge is 0.481 e. The summed E-state index contributed by atoms with van der Waals surface area (Å²) in [5.74, 6) is 0.523. The number of amides is 1. The van der Waals surface area contributed by atoms with Crippen LogP contribution in [-0.4, -0.2) is 12.0 Å². The molecular weight excluding hydrogens is 366 g/mol. The highest BCUT2D eigenvalue weighted by molar-refractivity contribution is 9.10. The molecule has 0 aliphatic carbocycles. The number of benzene rings is 2. The maximum atomic E-state index is 12.3. The first-order chi connectivity index (χ1) is 11.5. The zero-order valence-electron chi connectivity index (χ0n) is 14.4. The molecule has 1 amide bonds. The van der Waals surface area contributed by atoms with Crippen molar-refractivity contribution < 1.29 is 9.53 Å². The molecular formula is C20H24BrNO2. The smallest absolute Gasteiger partial charge is 0.265 e. The normalized spacial score (nSPS) is 11.8. The third-order valence-corrected chi connectivity index (χ3v) is 4.47.